The molecule has 0 aliphatic heterocycles. The maximum Gasteiger partial charge on any atom is 0.324 e. The predicted octanol–water partition coefficient (Wildman–Crippen LogP) is 2.50. The number of aliphatic carboxylic acids is 1. The van der Waals surface area contributed by atoms with Gasteiger partial charge in [0.2, 0.25) is 0 Å². The van der Waals surface area contributed by atoms with Crippen LogP contribution in [-0.2, 0) is 4.79 Å². The third-order valence-electron chi connectivity index (χ3n) is 4.15. The Hall–Kier alpha value is -0.570. The van der Waals surface area contributed by atoms with Crippen LogP contribution in [0.2, 0.25) is 0 Å². The van der Waals surface area contributed by atoms with E-state index in [1.165, 1.54) is 12.8 Å². The lowest BCUT2D eigenvalue weighted by molar-refractivity contribution is -0.153. The SMILES string of the molecule is CC(C)N(CC1CC1)C1(C(=O)O)CCCC1. The first-order valence-electron chi connectivity index (χ1n) is 6.56. The molecule has 2 saturated carbocycles. The third kappa shape index (κ3) is 2.10. The Balaban J connectivity index is 2.16. The fourth-order valence-corrected chi connectivity index (χ4v) is 3.04. The van der Waals surface area contributed by atoms with Crippen LogP contribution in [0.25, 0.3) is 0 Å². The first-order valence-corrected chi connectivity index (χ1v) is 6.56. The van der Waals surface area contributed by atoms with Gasteiger partial charge in [-0.15, -0.1) is 0 Å². The highest BCUT2D eigenvalue weighted by molar-refractivity contribution is 5.79. The van der Waals surface area contributed by atoms with Crippen LogP contribution in [0.5, 0.6) is 0 Å². The highest BCUT2D eigenvalue weighted by atomic mass is 16.4. The quantitative estimate of drug-likeness (QED) is 0.781. The van der Waals surface area contributed by atoms with Gasteiger partial charge in [-0.05, 0) is 45.4 Å². The second-order valence-electron chi connectivity index (χ2n) is 5.73. The van der Waals surface area contributed by atoms with E-state index in [1.807, 2.05) is 0 Å². The monoisotopic (exact) mass is 225 g/mol. The number of nitrogens with zero attached hydrogens (tertiary/aromatic N) is 1. The lowest BCUT2D eigenvalue weighted by atomic mass is 9.93. The van der Waals surface area contributed by atoms with Gasteiger partial charge in [-0.1, -0.05) is 12.8 Å². The topological polar surface area (TPSA) is 40.5 Å². The van der Waals surface area contributed by atoms with Gasteiger partial charge < -0.3 is 5.11 Å². The van der Waals surface area contributed by atoms with Crippen molar-refractivity contribution in [2.45, 2.75) is 64.0 Å². The molecule has 2 fully saturated rings. The van der Waals surface area contributed by atoms with Gasteiger partial charge in [0.15, 0.2) is 0 Å². The minimum absolute atomic E-state index is 0.342. The first-order chi connectivity index (χ1) is 7.56. The summed E-state index contributed by atoms with van der Waals surface area (Å²) in [4.78, 5) is 13.9. The van der Waals surface area contributed by atoms with Crippen LogP contribution in [-0.4, -0.2) is 34.1 Å². The summed E-state index contributed by atoms with van der Waals surface area (Å²) in [6, 6.07) is 0.342. The van der Waals surface area contributed by atoms with Crippen molar-refractivity contribution in [2.24, 2.45) is 5.92 Å². The van der Waals surface area contributed by atoms with Gasteiger partial charge >= 0.3 is 5.97 Å². The smallest absolute Gasteiger partial charge is 0.324 e. The van der Waals surface area contributed by atoms with Gasteiger partial charge in [0.1, 0.15) is 5.54 Å². The van der Waals surface area contributed by atoms with Crippen molar-refractivity contribution >= 4 is 5.97 Å². The molecular formula is C13H23NO2. The van der Waals surface area contributed by atoms with Crippen molar-refractivity contribution < 1.29 is 9.90 Å². The Kier molecular flexibility index (Phi) is 3.24. The van der Waals surface area contributed by atoms with Gasteiger partial charge in [-0.2, -0.15) is 0 Å². The predicted molar refractivity (Wildman–Crippen MR) is 63.4 cm³/mol. The number of hydrogen-bond donors (Lipinski definition) is 1. The summed E-state index contributed by atoms with van der Waals surface area (Å²) in [7, 11) is 0. The van der Waals surface area contributed by atoms with Crippen molar-refractivity contribution in [3.05, 3.63) is 0 Å². The van der Waals surface area contributed by atoms with E-state index in [9.17, 15) is 9.90 Å². The molecule has 0 bridgehead atoms. The highest BCUT2D eigenvalue weighted by Gasteiger charge is 2.48. The molecule has 92 valence electrons. The van der Waals surface area contributed by atoms with Gasteiger partial charge in [-0.3, -0.25) is 9.69 Å². The lowest BCUT2D eigenvalue weighted by Gasteiger charge is -2.41. The molecule has 0 saturated heterocycles. The van der Waals surface area contributed by atoms with Gasteiger partial charge in [0.25, 0.3) is 0 Å². The number of carbonyl (C=O) groups is 1. The molecule has 2 rings (SSSR count). The van der Waals surface area contributed by atoms with Crippen molar-refractivity contribution in [1.29, 1.82) is 0 Å². The van der Waals surface area contributed by atoms with Crippen LogP contribution in [0.15, 0.2) is 0 Å². The van der Waals surface area contributed by atoms with E-state index in [0.717, 1.165) is 38.1 Å². The van der Waals surface area contributed by atoms with Gasteiger partial charge in [0, 0.05) is 12.6 Å². The molecule has 0 spiro atoms. The van der Waals surface area contributed by atoms with Crippen molar-refractivity contribution in [3.63, 3.8) is 0 Å². The molecule has 0 unspecified atom stereocenters. The van der Waals surface area contributed by atoms with E-state index in [-0.39, 0.29) is 0 Å². The molecule has 16 heavy (non-hydrogen) atoms. The summed E-state index contributed by atoms with van der Waals surface area (Å²) in [5, 5.41) is 9.57. The molecule has 2 aliphatic carbocycles. The summed E-state index contributed by atoms with van der Waals surface area (Å²) in [5.74, 6) is 0.165. The molecule has 0 heterocycles. The molecule has 3 nitrogen and oxygen atoms in total. The van der Waals surface area contributed by atoms with E-state index in [4.69, 9.17) is 0 Å². The Morgan fingerprint density at radius 2 is 1.94 bits per heavy atom. The zero-order chi connectivity index (χ0) is 11.8. The normalized spacial score (nSPS) is 24.2. The minimum Gasteiger partial charge on any atom is -0.480 e. The molecular weight excluding hydrogens is 202 g/mol. The molecule has 2 aliphatic rings. The molecule has 1 N–H and O–H groups in total. The zero-order valence-corrected chi connectivity index (χ0v) is 10.4. The van der Waals surface area contributed by atoms with E-state index in [1.54, 1.807) is 0 Å². The first kappa shape index (κ1) is 11.9. The number of carboxylic acid groups (broad SMARTS) is 1. The maximum atomic E-state index is 11.6. The van der Waals surface area contributed by atoms with Crippen LogP contribution in [0.1, 0.15) is 52.4 Å². The van der Waals surface area contributed by atoms with E-state index < -0.39 is 11.5 Å². The van der Waals surface area contributed by atoms with Gasteiger partial charge in [-0.25, -0.2) is 0 Å². The van der Waals surface area contributed by atoms with Crippen LogP contribution >= 0.6 is 0 Å². The summed E-state index contributed by atoms with van der Waals surface area (Å²) >= 11 is 0. The van der Waals surface area contributed by atoms with Crippen LogP contribution < -0.4 is 0 Å². The van der Waals surface area contributed by atoms with E-state index >= 15 is 0 Å². The average molecular weight is 225 g/mol. The second kappa shape index (κ2) is 4.36. The second-order valence-corrected chi connectivity index (χ2v) is 5.73. The molecule has 0 atom stereocenters. The fraction of sp³-hybridized carbons (Fsp3) is 0.923. The molecule has 3 heteroatoms. The number of rotatable bonds is 5. The lowest BCUT2D eigenvalue weighted by Crippen LogP contribution is -2.56. The zero-order valence-electron chi connectivity index (χ0n) is 10.4. The fourth-order valence-electron chi connectivity index (χ4n) is 3.04. The van der Waals surface area contributed by atoms with E-state index in [0.29, 0.717) is 6.04 Å². The van der Waals surface area contributed by atoms with Crippen LogP contribution in [0, 0.1) is 5.92 Å². The number of hydrogen-bond acceptors (Lipinski definition) is 2. The molecule has 0 aromatic rings. The van der Waals surface area contributed by atoms with Crippen molar-refractivity contribution in [1.82, 2.24) is 4.90 Å². The standard InChI is InChI=1S/C13H23NO2/c1-10(2)14(9-11-5-6-11)13(12(15)16)7-3-4-8-13/h10-11H,3-9H2,1-2H3,(H,15,16). The van der Waals surface area contributed by atoms with Crippen LogP contribution in [0.3, 0.4) is 0 Å². The largest absolute Gasteiger partial charge is 0.480 e. The van der Waals surface area contributed by atoms with Crippen molar-refractivity contribution in [2.75, 3.05) is 6.54 Å². The Labute approximate surface area is 97.8 Å². The van der Waals surface area contributed by atoms with E-state index in [2.05, 4.69) is 18.7 Å². The molecule has 0 aromatic carbocycles. The summed E-state index contributed by atoms with van der Waals surface area (Å²) in [6.45, 7) is 5.25. The average Bonchev–Trinajstić information content (AvgIpc) is 2.90. The Morgan fingerprint density at radius 3 is 2.31 bits per heavy atom. The minimum atomic E-state index is -0.598. The van der Waals surface area contributed by atoms with Crippen LogP contribution in [0.4, 0.5) is 0 Å². The third-order valence-corrected chi connectivity index (χ3v) is 4.15. The van der Waals surface area contributed by atoms with Crippen molar-refractivity contribution in [3.8, 4) is 0 Å². The maximum absolute atomic E-state index is 11.6. The number of carboxylic acids is 1. The Morgan fingerprint density at radius 1 is 1.38 bits per heavy atom. The molecule has 0 radical (unpaired) electrons. The summed E-state index contributed by atoms with van der Waals surface area (Å²) in [5.41, 5.74) is -0.545. The molecule has 0 aromatic heterocycles. The summed E-state index contributed by atoms with van der Waals surface area (Å²) < 4.78 is 0. The highest BCUT2D eigenvalue weighted by Crippen LogP contribution is 2.40. The summed E-state index contributed by atoms with van der Waals surface area (Å²) in [6.07, 6.45) is 6.40. The van der Waals surface area contributed by atoms with Gasteiger partial charge in [0.05, 0.1) is 0 Å². The Bertz CT molecular complexity index is 265. The molecule has 0 amide bonds.